The molecule has 2 aromatic rings. The Morgan fingerprint density at radius 3 is 2.38 bits per heavy atom. The van der Waals surface area contributed by atoms with Crippen molar-refractivity contribution in [1.82, 2.24) is 15.3 Å². The Labute approximate surface area is 181 Å². The van der Waals surface area contributed by atoms with Crippen molar-refractivity contribution in [2.75, 3.05) is 5.75 Å². The first-order valence-corrected chi connectivity index (χ1v) is 12.8. The van der Waals surface area contributed by atoms with Gasteiger partial charge in [0.15, 0.2) is 0 Å². The number of carbonyl (C=O) groups is 1. The van der Waals surface area contributed by atoms with Crippen LogP contribution in [0.1, 0.15) is 61.7 Å². The molecule has 0 aliphatic heterocycles. The van der Waals surface area contributed by atoms with E-state index in [1.807, 2.05) is 6.92 Å². The average molecular weight is 430 g/mol. The molecule has 1 atom stereocenters. The second-order valence-electron chi connectivity index (χ2n) is 9.90. The van der Waals surface area contributed by atoms with Gasteiger partial charge in [0.25, 0.3) is 0 Å². The fraction of sp³-hybridized carbons (Fsp3) is 0.696. The maximum atomic E-state index is 12.9. The molecule has 6 rings (SSSR count). The van der Waals surface area contributed by atoms with E-state index in [1.165, 1.54) is 49.0 Å². The summed E-state index contributed by atoms with van der Waals surface area (Å²) in [5, 5.41) is 5.47. The van der Waals surface area contributed by atoms with Crippen molar-refractivity contribution < 1.29 is 4.79 Å². The van der Waals surface area contributed by atoms with Crippen molar-refractivity contribution in [3.8, 4) is 0 Å². The van der Waals surface area contributed by atoms with Crippen LogP contribution in [0.2, 0.25) is 0 Å². The van der Waals surface area contributed by atoms with E-state index in [0.717, 1.165) is 38.8 Å². The minimum atomic E-state index is 0.146. The number of hydrogen-bond donors (Lipinski definition) is 1. The Kier molecular flexibility index (Phi) is 4.93. The summed E-state index contributed by atoms with van der Waals surface area (Å²) in [6.07, 6.45) is 8.31. The van der Waals surface area contributed by atoms with Gasteiger partial charge in [-0.2, -0.15) is 0 Å². The Morgan fingerprint density at radius 2 is 1.76 bits per heavy atom. The van der Waals surface area contributed by atoms with Crippen LogP contribution in [-0.4, -0.2) is 27.7 Å². The number of thiophene rings is 1. The Morgan fingerprint density at radius 1 is 1.14 bits per heavy atom. The van der Waals surface area contributed by atoms with Crippen LogP contribution in [0.3, 0.4) is 0 Å². The molecule has 6 heteroatoms. The molecule has 0 saturated heterocycles. The second-order valence-corrected chi connectivity index (χ2v) is 12.1. The summed E-state index contributed by atoms with van der Waals surface area (Å²) >= 11 is 3.28. The molecule has 4 nitrogen and oxygen atoms in total. The van der Waals surface area contributed by atoms with Gasteiger partial charge >= 0.3 is 0 Å². The second kappa shape index (κ2) is 7.23. The number of aryl methyl sites for hydroxylation is 3. The van der Waals surface area contributed by atoms with Gasteiger partial charge in [-0.15, -0.1) is 11.3 Å². The maximum Gasteiger partial charge on any atom is 0.230 e. The van der Waals surface area contributed by atoms with Gasteiger partial charge in [-0.05, 0) is 95.0 Å². The fourth-order valence-corrected chi connectivity index (χ4v) is 8.78. The smallest absolute Gasteiger partial charge is 0.230 e. The Bertz CT molecular complexity index is 931. The highest BCUT2D eigenvalue weighted by atomic mass is 32.2. The van der Waals surface area contributed by atoms with Crippen LogP contribution in [0, 0.1) is 43.9 Å². The number of nitrogens with zero attached hydrogens (tertiary/aromatic N) is 2. The Hall–Kier alpha value is -1.14. The summed E-state index contributed by atoms with van der Waals surface area (Å²) in [6, 6.07) is 0.279. The zero-order valence-electron chi connectivity index (χ0n) is 17.9. The van der Waals surface area contributed by atoms with E-state index < -0.39 is 0 Å². The molecule has 0 unspecified atom stereocenters. The van der Waals surface area contributed by atoms with Crippen LogP contribution >= 0.6 is 23.1 Å². The predicted octanol–water partition coefficient (Wildman–Crippen LogP) is 5.43. The topological polar surface area (TPSA) is 54.9 Å². The van der Waals surface area contributed by atoms with Crippen LogP contribution in [0.15, 0.2) is 5.03 Å². The number of amides is 1. The maximum absolute atomic E-state index is 12.9. The molecule has 1 amide bonds. The van der Waals surface area contributed by atoms with Crippen LogP contribution in [0.5, 0.6) is 0 Å². The zero-order valence-corrected chi connectivity index (χ0v) is 19.5. The van der Waals surface area contributed by atoms with Crippen LogP contribution in [0.4, 0.5) is 0 Å². The monoisotopic (exact) mass is 429 g/mol. The van der Waals surface area contributed by atoms with Gasteiger partial charge in [-0.3, -0.25) is 4.79 Å². The van der Waals surface area contributed by atoms with E-state index in [-0.39, 0.29) is 11.9 Å². The molecule has 4 fully saturated rings. The third-order valence-electron chi connectivity index (χ3n) is 7.83. The number of nitrogens with one attached hydrogen (secondary N) is 1. The first-order valence-electron chi connectivity index (χ1n) is 11.0. The highest BCUT2D eigenvalue weighted by Crippen LogP contribution is 2.61. The molecule has 156 valence electrons. The third-order valence-corrected chi connectivity index (χ3v) is 9.91. The predicted molar refractivity (Wildman–Crippen MR) is 121 cm³/mol. The number of aromatic nitrogens is 2. The Balaban J connectivity index is 1.27. The fourth-order valence-electron chi connectivity index (χ4n) is 6.70. The number of fused-ring (bicyclic) bond motifs is 1. The lowest BCUT2D eigenvalue weighted by Gasteiger charge is -2.59. The molecule has 4 aliphatic rings. The molecule has 4 bridgehead atoms. The summed E-state index contributed by atoms with van der Waals surface area (Å²) < 4.78 is 0. The summed E-state index contributed by atoms with van der Waals surface area (Å²) in [5.74, 6) is 4.10. The van der Waals surface area contributed by atoms with Gasteiger partial charge in [0.05, 0.1) is 5.75 Å². The summed E-state index contributed by atoms with van der Waals surface area (Å²) in [6.45, 7) is 8.45. The van der Waals surface area contributed by atoms with Gasteiger partial charge in [-0.25, -0.2) is 9.97 Å². The summed E-state index contributed by atoms with van der Waals surface area (Å²) in [4.78, 5) is 24.4. The van der Waals surface area contributed by atoms with E-state index in [1.54, 1.807) is 23.1 Å². The molecule has 4 aliphatic carbocycles. The molecule has 0 spiro atoms. The van der Waals surface area contributed by atoms with Crippen molar-refractivity contribution in [2.24, 2.45) is 23.2 Å². The molecule has 29 heavy (non-hydrogen) atoms. The molecule has 4 saturated carbocycles. The van der Waals surface area contributed by atoms with Gasteiger partial charge < -0.3 is 5.32 Å². The molecule has 1 N–H and O–H groups in total. The van der Waals surface area contributed by atoms with E-state index in [0.29, 0.717) is 11.2 Å². The molecular weight excluding hydrogens is 398 g/mol. The van der Waals surface area contributed by atoms with Crippen molar-refractivity contribution in [1.29, 1.82) is 0 Å². The van der Waals surface area contributed by atoms with Crippen molar-refractivity contribution in [3.05, 3.63) is 16.3 Å². The van der Waals surface area contributed by atoms with Crippen molar-refractivity contribution >= 4 is 39.2 Å². The lowest BCUT2D eigenvalue weighted by molar-refractivity contribution is -0.123. The van der Waals surface area contributed by atoms with Crippen LogP contribution < -0.4 is 5.32 Å². The molecule has 2 heterocycles. The van der Waals surface area contributed by atoms with Crippen molar-refractivity contribution in [3.63, 3.8) is 0 Å². The number of hydrogen-bond acceptors (Lipinski definition) is 5. The van der Waals surface area contributed by atoms with Gasteiger partial charge in [-0.1, -0.05) is 11.8 Å². The molecule has 0 radical (unpaired) electrons. The molecular formula is C23H31N3OS2. The number of thioether (sulfide) groups is 1. The van der Waals surface area contributed by atoms with E-state index in [9.17, 15) is 4.79 Å². The van der Waals surface area contributed by atoms with Gasteiger partial charge in [0, 0.05) is 16.3 Å². The van der Waals surface area contributed by atoms with Gasteiger partial charge in [0.1, 0.15) is 15.7 Å². The van der Waals surface area contributed by atoms with E-state index in [2.05, 4.69) is 36.1 Å². The highest BCUT2D eigenvalue weighted by molar-refractivity contribution is 8.00. The molecule has 0 aromatic carbocycles. The summed E-state index contributed by atoms with van der Waals surface area (Å²) in [5.41, 5.74) is 1.60. The SMILES string of the molecule is Cc1nc(SCC(=O)N[C@H](C)C23CC4CC(CC(C4)C2)C3)c2c(C)c(C)sc2n1. The van der Waals surface area contributed by atoms with Gasteiger partial charge in [0.2, 0.25) is 5.91 Å². The normalized spacial score (nSPS) is 31.4. The zero-order chi connectivity index (χ0) is 20.3. The number of carbonyl (C=O) groups excluding carboxylic acids is 1. The summed E-state index contributed by atoms with van der Waals surface area (Å²) in [7, 11) is 0. The average Bonchev–Trinajstić information content (AvgIpc) is 2.92. The highest BCUT2D eigenvalue weighted by Gasteiger charge is 2.53. The largest absolute Gasteiger partial charge is 0.352 e. The van der Waals surface area contributed by atoms with E-state index in [4.69, 9.17) is 0 Å². The lowest BCUT2D eigenvalue weighted by Crippen LogP contribution is -2.56. The minimum absolute atomic E-state index is 0.146. The first kappa shape index (κ1) is 19.8. The standard InChI is InChI=1S/C23H31N3OS2/c1-12-13(2)29-22-20(12)21(25-15(4)26-22)28-11-19(27)24-14(3)23-8-16-5-17(9-23)7-18(6-16)10-23/h14,16-18H,5-11H2,1-4H3,(H,24,27)/t14-,16?,17?,18?,23?/m1/s1. The van der Waals surface area contributed by atoms with E-state index >= 15 is 0 Å². The van der Waals surface area contributed by atoms with Crippen LogP contribution in [-0.2, 0) is 4.79 Å². The third kappa shape index (κ3) is 3.50. The molecule has 2 aromatic heterocycles. The minimum Gasteiger partial charge on any atom is -0.352 e. The lowest BCUT2D eigenvalue weighted by atomic mass is 9.48. The van der Waals surface area contributed by atoms with Crippen LogP contribution in [0.25, 0.3) is 10.2 Å². The quantitative estimate of drug-likeness (QED) is 0.509. The van der Waals surface area contributed by atoms with Crippen molar-refractivity contribution in [2.45, 2.75) is 77.3 Å². The number of rotatable bonds is 5. The first-order chi connectivity index (χ1) is 13.8.